The Hall–Kier alpha value is -1.69. The third kappa shape index (κ3) is 2.28. The zero-order valence-electron chi connectivity index (χ0n) is 10.3. The zero-order chi connectivity index (χ0) is 13.3. The van der Waals surface area contributed by atoms with Gasteiger partial charge in [-0.05, 0) is 37.7 Å². The molecule has 0 N–H and O–H groups in total. The Morgan fingerprint density at radius 3 is 2.67 bits per heavy atom. The zero-order valence-corrected chi connectivity index (χ0v) is 11.1. The maximum atomic E-state index is 13.6. The smallest absolute Gasteiger partial charge is 0.195 e. The van der Waals surface area contributed by atoms with Crippen molar-refractivity contribution < 1.29 is 9.18 Å². The summed E-state index contributed by atoms with van der Waals surface area (Å²) in [5.74, 6) is -0.0424. The highest BCUT2D eigenvalue weighted by atomic mass is 32.2. The molecule has 0 bridgehead atoms. The van der Waals surface area contributed by atoms with E-state index >= 15 is 0 Å². The molecule has 0 aliphatic heterocycles. The number of aryl methyl sites for hydroxylation is 1. The summed E-state index contributed by atoms with van der Waals surface area (Å²) in [6.07, 6.45) is 0. The first-order valence-electron chi connectivity index (χ1n) is 5.34. The van der Waals surface area contributed by atoms with Crippen molar-refractivity contribution in [3.63, 3.8) is 0 Å². The summed E-state index contributed by atoms with van der Waals surface area (Å²) in [5, 5.41) is 8.53. The summed E-state index contributed by atoms with van der Waals surface area (Å²) in [7, 11) is 1.82. The van der Waals surface area contributed by atoms with E-state index in [1.54, 1.807) is 16.7 Å². The molecule has 94 valence electrons. The van der Waals surface area contributed by atoms with Crippen LogP contribution in [0.15, 0.2) is 28.3 Å². The lowest BCUT2D eigenvalue weighted by molar-refractivity contribution is 0.101. The van der Waals surface area contributed by atoms with Crippen molar-refractivity contribution >= 4 is 17.5 Å². The maximum absolute atomic E-state index is 13.6. The Labute approximate surface area is 108 Å². The van der Waals surface area contributed by atoms with E-state index in [-0.39, 0.29) is 11.3 Å². The molecule has 1 aromatic carbocycles. The second-order valence-corrected chi connectivity index (χ2v) is 4.87. The minimum Gasteiger partial charge on any atom is -0.309 e. The minimum atomic E-state index is -0.508. The molecule has 0 amide bonds. The normalized spacial score (nSPS) is 10.7. The molecule has 2 rings (SSSR count). The van der Waals surface area contributed by atoms with E-state index in [0.29, 0.717) is 10.1 Å². The van der Waals surface area contributed by atoms with Crippen LogP contribution in [0.1, 0.15) is 23.1 Å². The molecule has 0 unspecified atom stereocenters. The fraction of sp³-hybridized carbons (Fsp3) is 0.250. The molecule has 4 nitrogen and oxygen atoms in total. The standard InChI is InChI=1S/C12H12FN3OS/c1-7(17)11-9(13)5-4-6-10(11)18-12-15-14-8(2)16(12)3/h4-6H,1-3H3. The third-order valence-electron chi connectivity index (χ3n) is 2.58. The number of aromatic nitrogens is 3. The molecular weight excluding hydrogens is 253 g/mol. The van der Waals surface area contributed by atoms with E-state index in [9.17, 15) is 9.18 Å². The van der Waals surface area contributed by atoms with Gasteiger partial charge in [-0.15, -0.1) is 10.2 Å². The molecule has 18 heavy (non-hydrogen) atoms. The second kappa shape index (κ2) is 4.89. The number of halogens is 1. The van der Waals surface area contributed by atoms with Gasteiger partial charge in [0.25, 0.3) is 0 Å². The van der Waals surface area contributed by atoms with E-state index in [2.05, 4.69) is 10.2 Å². The summed E-state index contributed by atoms with van der Waals surface area (Å²) in [5.41, 5.74) is 0.100. The van der Waals surface area contributed by atoms with E-state index in [1.165, 1.54) is 24.8 Å². The van der Waals surface area contributed by atoms with E-state index in [4.69, 9.17) is 0 Å². The lowest BCUT2D eigenvalue weighted by atomic mass is 10.1. The number of nitrogens with zero attached hydrogens (tertiary/aromatic N) is 3. The van der Waals surface area contributed by atoms with Crippen molar-refractivity contribution in [2.24, 2.45) is 7.05 Å². The molecule has 0 saturated heterocycles. The first kappa shape index (κ1) is 12.8. The Morgan fingerprint density at radius 1 is 1.39 bits per heavy atom. The number of hydrogen-bond acceptors (Lipinski definition) is 4. The van der Waals surface area contributed by atoms with Crippen LogP contribution in [0.25, 0.3) is 0 Å². The van der Waals surface area contributed by atoms with Gasteiger partial charge in [-0.1, -0.05) is 6.07 Å². The van der Waals surface area contributed by atoms with E-state index in [1.807, 2.05) is 14.0 Å². The maximum Gasteiger partial charge on any atom is 0.195 e. The molecule has 1 heterocycles. The van der Waals surface area contributed by atoms with Gasteiger partial charge in [0.15, 0.2) is 10.9 Å². The molecular formula is C12H12FN3OS. The Morgan fingerprint density at radius 2 is 2.11 bits per heavy atom. The number of hydrogen-bond donors (Lipinski definition) is 0. The first-order chi connectivity index (χ1) is 8.50. The van der Waals surface area contributed by atoms with Gasteiger partial charge < -0.3 is 4.57 Å². The van der Waals surface area contributed by atoms with Gasteiger partial charge in [-0.2, -0.15) is 0 Å². The monoisotopic (exact) mass is 265 g/mol. The number of ketones is 1. The number of Topliss-reactive ketones (excluding diaryl/α,β-unsaturated/α-hetero) is 1. The van der Waals surface area contributed by atoms with Crippen LogP contribution in [0.5, 0.6) is 0 Å². The van der Waals surface area contributed by atoms with Crippen LogP contribution in [0.4, 0.5) is 4.39 Å². The van der Waals surface area contributed by atoms with Crippen LogP contribution in [0, 0.1) is 12.7 Å². The summed E-state index contributed by atoms with van der Waals surface area (Å²) in [6.45, 7) is 3.18. The number of carbonyl (C=O) groups excluding carboxylic acids is 1. The molecule has 0 atom stereocenters. The predicted octanol–water partition coefficient (Wildman–Crippen LogP) is 2.62. The lowest BCUT2D eigenvalue weighted by Crippen LogP contribution is -2.01. The Bertz CT molecular complexity index is 609. The quantitative estimate of drug-likeness (QED) is 0.800. The molecule has 2 aromatic rings. The van der Waals surface area contributed by atoms with Crippen molar-refractivity contribution in [3.8, 4) is 0 Å². The Balaban J connectivity index is 2.44. The molecule has 0 spiro atoms. The SMILES string of the molecule is CC(=O)c1c(F)cccc1Sc1nnc(C)n1C. The van der Waals surface area contributed by atoms with Gasteiger partial charge in [0.2, 0.25) is 0 Å². The molecule has 0 saturated carbocycles. The number of benzene rings is 1. The lowest BCUT2D eigenvalue weighted by Gasteiger charge is -2.07. The molecule has 0 aliphatic rings. The van der Waals surface area contributed by atoms with Crippen LogP contribution >= 0.6 is 11.8 Å². The molecule has 1 aromatic heterocycles. The van der Waals surface area contributed by atoms with Gasteiger partial charge >= 0.3 is 0 Å². The molecule has 6 heteroatoms. The minimum absolute atomic E-state index is 0.100. The van der Waals surface area contributed by atoms with Gasteiger partial charge in [-0.25, -0.2) is 4.39 Å². The van der Waals surface area contributed by atoms with Crippen LogP contribution in [-0.2, 0) is 7.05 Å². The second-order valence-electron chi connectivity index (χ2n) is 3.86. The summed E-state index contributed by atoms with van der Waals surface area (Å²) in [4.78, 5) is 12.0. The fourth-order valence-electron chi connectivity index (χ4n) is 1.51. The average molecular weight is 265 g/mol. The summed E-state index contributed by atoms with van der Waals surface area (Å²) >= 11 is 1.23. The van der Waals surface area contributed by atoms with Crippen molar-refractivity contribution in [1.82, 2.24) is 14.8 Å². The summed E-state index contributed by atoms with van der Waals surface area (Å²) in [6, 6.07) is 4.56. The summed E-state index contributed by atoms with van der Waals surface area (Å²) < 4.78 is 15.4. The van der Waals surface area contributed by atoms with Crippen molar-refractivity contribution in [1.29, 1.82) is 0 Å². The number of rotatable bonds is 3. The Kier molecular flexibility index (Phi) is 3.47. The van der Waals surface area contributed by atoms with Crippen LogP contribution in [0.2, 0.25) is 0 Å². The van der Waals surface area contributed by atoms with Crippen LogP contribution < -0.4 is 0 Å². The number of carbonyl (C=O) groups is 1. The van der Waals surface area contributed by atoms with E-state index in [0.717, 1.165) is 5.82 Å². The van der Waals surface area contributed by atoms with Gasteiger partial charge in [0.05, 0.1) is 5.56 Å². The molecule has 0 fully saturated rings. The largest absolute Gasteiger partial charge is 0.309 e. The molecule has 0 aliphatic carbocycles. The fourth-order valence-corrected chi connectivity index (χ4v) is 2.54. The van der Waals surface area contributed by atoms with E-state index < -0.39 is 5.82 Å². The highest BCUT2D eigenvalue weighted by Crippen LogP contribution is 2.30. The van der Waals surface area contributed by atoms with Crippen molar-refractivity contribution in [2.75, 3.05) is 0 Å². The van der Waals surface area contributed by atoms with Gasteiger partial charge in [0.1, 0.15) is 11.6 Å². The van der Waals surface area contributed by atoms with Crippen LogP contribution in [-0.4, -0.2) is 20.5 Å². The first-order valence-corrected chi connectivity index (χ1v) is 6.15. The topological polar surface area (TPSA) is 47.8 Å². The molecule has 0 radical (unpaired) electrons. The third-order valence-corrected chi connectivity index (χ3v) is 3.68. The van der Waals surface area contributed by atoms with Gasteiger partial charge in [0, 0.05) is 11.9 Å². The average Bonchev–Trinajstić information content (AvgIpc) is 2.60. The van der Waals surface area contributed by atoms with Crippen molar-refractivity contribution in [2.45, 2.75) is 23.9 Å². The van der Waals surface area contributed by atoms with Crippen molar-refractivity contribution in [3.05, 3.63) is 35.4 Å². The highest BCUT2D eigenvalue weighted by Gasteiger charge is 2.16. The van der Waals surface area contributed by atoms with Crippen LogP contribution in [0.3, 0.4) is 0 Å². The highest BCUT2D eigenvalue weighted by molar-refractivity contribution is 7.99. The van der Waals surface area contributed by atoms with Gasteiger partial charge in [-0.3, -0.25) is 4.79 Å². The predicted molar refractivity (Wildman–Crippen MR) is 66.3 cm³/mol.